The second kappa shape index (κ2) is 6.33. The number of benzene rings is 1. The molecule has 0 aliphatic rings. The van der Waals surface area contributed by atoms with Crippen LogP contribution in [0, 0.1) is 5.92 Å². The highest BCUT2D eigenvalue weighted by molar-refractivity contribution is 9.10. The van der Waals surface area contributed by atoms with Crippen LogP contribution in [-0.2, 0) is 21.2 Å². The fraction of sp³-hybridized carbons (Fsp3) is 0.417. The molecule has 0 bridgehead atoms. The SMILES string of the molecule is CC[C@@H](Cc1cccc(Br)c1)C(=O)NS(C)(=O)=O. The van der Waals surface area contributed by atoms with Crippen LogP contribution >= 0.6 is 15.9 Å². The van der Waals surface area contributed by atoms with Crippen molar-refractivity contribution < 1.29 is 13.2 Å². The van der Waals surface area contributed by atoms with E-state index in [2.05, 4.69) is 15.9 Å². The molecule has 18 heavy (non-hydrogen) atoms. The van der Waals surface area contributed by atoms with Gasteiger partial charge in [-0.3, -0.25) is 9.52 Å². The molecule has 1 amide bonds. The molecular formula is C12H16BrNO3S. The first-order valence-corrected chi connectivity index (χ1v) is 8.26. The van der Waals surface area contributed by atoms with E-state index >= 15 is 0 Å². The van der Waals surface area contributed by atoms with Gasteiger partial charge in [-0.2, -0.15) is 0 Å². The Kier molecular flexibility index (Phi) is 5.34. The Hall–Kier alpha value is -0.880. The maximum absolute atomic E-state index is 11.8. The van der Waals surface area contributed by atoms with Crippen LogP contribution in [0.2, 0.25) is 0 Å². The molecule has 0 aliphatic carbocycles. The zero-order valence-corrected chi connectivity index (χ0v) is 12.7. The van der Waals surface area contributed by atoms with Gasteiger partial charge in [0.1, 0.15) is 0 Å². The largest absolute Gasteiger partial charge is 0.274 e. The number of amides is 1. The summed E-state index contributed by atoms with van der Waals surface area (Å²) in [7, 11) is -3.49. The van der Waals surface area contributed by atoms with Crippen LogP contribution < -0.4 is 4.72 Å². The number of nitrogens with one attached hydrogen (secondary N) is 1. The summed E-state index contributed by atoms with van der Waals surface area (Å²) in [5, 5.41) is 0. The van der Waals surface area contributed by atoms with E-state index < -0.39 is 15.9 Å². The first kappa shape index (κ1) is 15.2. The molecule has 0 unspecified atom stereocenters. The van der Waals surface area contributed by atoms with E-state index in [-0.39, 0.29) is 5.92 Å². The molecule has 4 nitrogen and oxygen atoms in total. The van der Waals surface area contributed by atoms with E-state index in [1.807, 2.05) is 35.9 Å². The van der Waals surface area contributed by atoms with Gasteiger partial charge < -0.3 is 0 Å². The van der Waals surface area contributed by atoms with Crippen molar-refractivity contribution in [3.05, 3.63) is 34.3 Å². The molecule has 0 aromatic heterocycles. The molecule has 1 rings (SSSR count). The van der Waals surface area contributed by atoms with Gasteiger partial charge in [0.15, 0.2) is 0 Å². The molecule has 0 aliphatic heterocycles. The van der Waals surface area contributed by atoms with Crippen molar-refractivity contribution in [2.75, 3.05) is 6.26 Å². The smallest absolute Gasteiger partial charge is 0.236 e. The van der Waals surface area contributed by atoms with Gasteiger partial charge in [0.25, 0.3) is 0 Å². The zero-order valence-electron chi connectivity index (χ0n) is 10.3. The monoisotopic (exact) mass is 333 g/mol. The average Bonchev–Trinajstić information content (AvgIpc) is 2.23. The molecule has 100 valence electrons. The van der Waals surface area contributed by atoms with E-state index in [1.165, 1.54) is 0 Å². The second-order valence-electron chi connectivity index (χ2n) is 4.18. The predicted molar refractivity (Wildman–Crippen MR) is 74.6 cm³/mol. The highest BCUT2D eigenvalue weighted by Crippen LogP contribution is 2.17. The number of carbonyl (C=O) groups excluding carboxylic acids is 1. The molecule has 1 aromatic rings. The Morgan fingerprint density at radius 2 is 2.11 bits per heavy atom. The molecule has 1 aromatic carbocycles. The normalized spacial score (nSPS) is 13.1. The standard InChI is InChI=1S/C12H16BrNO3S/c1-3-10(12(15)14-18(2,16)17)7-9-5-4-6-11(13)8-9/h4-6,8,10H,3,7H2,1-2H3,(H,14,15)/t10-/m0/s1. The summed E-state index contributed by atoms with van der Waals surface area (Å²) in [6, 6.07) is 7.64. The number of halogens is 1. The maximum atomic E-state index is 11.8. The van der Waals surface area contributed by atoms with Crippen LogP contribution in [0.4, 0.5) is 0 Å². The van der Waals surface area contributed by atoms with Crippen molar-refractivity contribution in [3.8, 4) is 0 Å². The summed E-state index contributed by atoms with van der Waals surface area (Å²) in [5.74, 6) is -0.783. The molecule has 6 heteroatoms. The molecule has 1 atom stereocenters. The number of sulfonamides is 1. The third-order valence-electron chi connectivity index (χ3n) is 2.52. The number of hydrogen-bond donors (Lipinski definition) is 1. The average molecular weight is 334 g/mol. The van der Waals surface area contributed by atoms with Gasteiger partial charge in [-0.25, -0.2) is 8.42 Å². The summed E-state index contributed by atoms with van der Waals surface area (Å²) >= 11 is 3.36. The second-order valence-corrected chi connectivity index (χ2v) is 6.84. The lowest BCUT2D eigenvalue weighted by atomic mass is 9.96. The van der Waals surface area contributed by atoms with Crippen LogP contribution in [-0.4, -0.2) is 20.6 Å². The minimum Gasteiger partial charge on any atom is -0.274 e. The topological polar surface area (TPSA) is 63.2 Å². The van der Waals surface area contributed by atoms with Crippen molar-refractivity contribution in [2.24, 2.45) is 5.92 Å². The first-order valence-electron chi connectivity index (χ1n) is 5.58. The third-order valence-corrected chi connectivity index (χ3v) is 3.59. The molecule has 0 spiro atoms. The van der Waals surface area contributed by atoms with E-state index in [1.54, 1.807) is 0 Å². The molecule has 0 fully saturated rings. The van der Waals surface area contributed by atoms with Gasteiger partial charge in [0.05, 0.1) is 6.26 Å². The lowest BCUT2D eigenvalue weighted by molar-refractivity contribution is -0.123. The third kappa shape index (κ3) is 5.18. The Morgan fingerprint density at radius 3 is 2.61 bits per heavy atom. The molecular weight excluding hydrogens is 318 g/mol. The van der Waals surface area contributed by atoms with Crippen molar-refractivity contribution in [3.63, 3.8) is 0 Å². The zero-order chi connectivity index (χ0) is 13.8. The molecule has 0 saturated carbocycles. The fourth-order valence-corrected chi connectivity index (χ4v) is 2.62. The number of hydrogen-bond acceptors (Lipinski definition) is 3. The summed E-state index contributed by atoms with van der Waals surface area (Å²) in [5.41, 5.74) is 1.000. The predicted octanol–water partition coefficient (Wildman–Crippen LogP) is 2.09. The van der Waals surface area contributed by atoms with Crippen LogP contribution in [0.25, 0.3) is 0 Å². The number of carbonyl (C=O) groups is 1. The van der Waals surface area contributed by atoms with E-state index in [0.29, 0.717) is 12.8 Å². The highest BCUT2D eigenvalue weighted by Gasteiger charge is 2.19. The summed E-state index contributed by atoms with van der Waals surface area (Å²) in [6.45, 7) is 1.87. The van der Waals surface area contributed by atoms with E-state index in [4.69, 9.17) is 0 Å². The van der Waals surface area contributed by atoms with Crippen molar-refractivity contribution in [1.82, 2.24) is 4.72 Å². The van der Waals surface area contributed by atoms with Gasteiger partial charge in [0, 0.05) is 10.4 Å². The van der Waals surface area contributed by atoms with Gasteiger partial charge in [0.2, 0.25) is 15.9 Å². The molecule has 0 radical (unpaired) electrons. The van der Waals surface area contributed by atoms with E-state index in [9.17, 15) is 13.2 Å². The maximum Gasteiger partial charge on any atom is 0.236 e. The van der Waals surface area contributed by atoms with Gasteiger partial charge in [-0.05, 0) is 30.5 Å². The Bertz CT molecular complexity index is 528. The minimum absolute atomic E-state index is 0.339. The quantitative estimate of drug-likeness (QED) is 0.897. The summed E-state index contributed by atoms with van der Waals surface area (Å²) < 4.78 is 25.0. The van der Waals surface area contributed by atoms with Crippen LogP contribution in [0.15, 0.2) is 28.7 Å². The Balaban J connectivity index is 2.76. The van der Waals surface area contributed by atoms with Crippen molar-refractivity contribution in [1.29, 1.82) is 0 Å². The fourth-order valence-electron chi connectivity index (χ4n) is 1.64. The molecule has 0 saturated heterocycles. The lowest BCUT2D eigenvalue weighted by Gasteiger charge is -2.14. The van der Waals surface area contributed by atoms with Gasteiger partial charge >= 0.3 is 0 Å². The number of rotatable bonds is 5. The summed E-state index contributed by atoms with van der Waals surface area (Å²) in [4.78, 5) is 11.8. The lowest BCUT2D eigenvalue weighted by Crippen LogP contribution is -2.35. The summed E-state index contributed by atoms with van der Waals surface area (Å²) in [6.07, 6.45) is 2.10. The van der Waals surface area contributed by atoms with Gasteiger partial charge in [-0.15, -0.1) is 0 Å². The Morgan fingerprint density at radius 1 is 1.44 bits per heavy atom. The first-order chi connectivity index (χ1) is 8.31. The van der Waals surface area contributed by atoms with Crippen LogP contribution in [0.1, 0.15) is 18.9 Å². The van der Waals surface area contributed by atoms with Gasteiger partial charge in [-0.1, -0.05) is 35.0 Å². The molecule has 0 heterocycles. The minimum atomic E-state index is -3.49. The highest BCUT2D eigenvalue weighted by atomic mass is 79.9. The van der Waals surface area contributed by atoms with Crippen LogP contribution in [0.5, 0.6) is 0 Å². The van der Waals surface area contributed by atoms with Crippen molar-refractivity contribution in [2.45, 2.75) is 19.8 Å². The van der Waals surface area contributed by atoms with E-state index in [0.717, 1.165) is 16.3 Å². The van der Waals surface area contributed by atoms with Crippen LogP contribution in [0.3, 0.4) is 0 Å². The Labute approximate surface area is 116 Å². The van der Waals surface area contributed by atoms with Crippen molar-refractivity contribution >= 4 is 31.9 Å². The molecule has 1 N–H and O–H groups in total.